The van der Waals surface area contributed by atoms with Crippen molar-refractivity contribution < 1.29 is 5.11 Å². The molecule has 26 heavy (non-hydrogen) atoms. The number of fused-ring (bicyclic) bond motifs is 1. The summed E-state index contributed by atoms with van der Waals surface area (Å²) in [7, 11) is 1.79. The van der Waals surface area contributed by atoms with E-state index < -0.39 is 5.60 Å². The summed E-state index contributed by atoms with van der Waals surface area (Å²) in [5.74, 6) is 1.36. The van der Waals surface area contributed by atoms with Gasteiger partial charge >= 0.3 is 0 Å². The molecule has 0 radical (unpaired) electrons. The van der Waals surface area contributed by atoms with Crippen LogP contribution in [0.15, 0.2) is 29.3 Å². The molecule has 3 rings (SSSR count). The van der Waals surface area contributed by atoms with E-state index in [0.717, 1.165) is 37.5 Å². The monoisotopic (exact) mass is 472 g/mol. The first-order valence-electron chi connectivity index (χ1n) is 9.45. The van der Waals surface area contributed by atoms with Crippen LogP contribution in [0.5, 0.6) is 0 Å². The predicted molar refractivity (Wildman–Crippen MR) is 118 cm³/mol. The first-order chi connectivity index (χ1) is 11.9. The lowest BCUT2D eigenvalue weighted by atomic mass is 9.96. The fourth-order valence-electron chi connectivity index (χ4n) is 4.07. The Hall–Kier alpha value is -0.860. The molecule has 1 aromatic rings. The van der Waals surface area contributed by atoms with Crippen molar-refractivity contribution in [1.82, 2.24) is 15.5 Å². The molecule has 3 atom stereocenters. The van der Waals surface area contributed by atoms with Crippen LogP contribution in [0.1, 0.15) is 38.3 Å². The van der Waals surface area contributed by atoms with Crippen molar-refractivity contribution in [3.8, 4) is 0 Å². The van der Waals surface area contributed by atoms with Crippen LogP contribution in [0.2, 0.25) is 0 Å². The summed E-state index contributed by atoms with van der Waals surface area (Å²) >= 11 is 0. The van der Waals surface area contributed by atoms with Crippen LogP contribution >= 0.6 is 24.0 Å². The molecule has 1 aliphatic carbocycles. The fourth-order valence-corrected chi connectivity index (χ4v) is 4.07. The highest BCUT2D eigenvalue weighted by Crippen LogP contribution is 2.36. The van der Waals surface area contributed by atoms with E-state index in [1.165, 1.54) is 5.56 Å². The number of benzene rings is 1. The summed E-state index contributed by atoms with van der Waals surface area (Å²) < 4.78 is 0. The second kappa shape index (κ2) is 8.89. The first kappa shape index (κ1) is 21.4. The lowest BCUT2D eigenvalue weighted by Gasteiger charge is -2.27. The maximum absolute atomic E-state index is 11.1. The number of likely N-dealkylation sites (tertiary alicyclic amines) is 1. The molecule has 5 nitrogen and oxygen atoms in total. The number of aliphatic hydroxyl groups is 1. The molecule has 3 N–H and O–H groups in total. The van der Waals surface area contributed by atoms with Crippen LogP contribution in [-0.2, 0) is 12.0 Å². The maximum atomic E-state index is 11.1. The molecule has 0 aromatic heterocycles. The average molecular weight is 472 g/mol. The van der Waals surface area contributed by atoms with E-state index in [1.54, 1.807) is 7.05 Å². The van der Waals surface area contributed by atoms with Crippen LogP contribution in [-0.4, -0.2) is 54.7 Å². The fraction of sp³-hybridized carbons (Fsp3) is 0.650. The van der Waals surface area contributed by atoms with E-state index in [-0.39, 0.29) is 24.0 Å². The molecule has 1 aromatic carbocycles. The predicted octanol–water partition coefficient (Wildman–Crippen LogP) is 2.33. The topological polar surface area (TPSA) is 59.9 Å². The lowest BCUT2D eigenvalue weighted by molar-refractivity contribution is 0.0431. The maximum Gasteiger partial charge on any atom is 0.191 e. The smallest absolute Gasteiger partial charge is 0.191 e. The average Bonchev–Trinajstić information content (AvgIpc) is 3.13. The quantitative estimate of drug-likeness (QED) is 0.358. The Labute approximate surface area is 174 Å². The van der Waals surface area contributed by atoms with E-state index in [4.69, 9.17) is 0 Å². The van der Waals surface area contributed by atoms with Crippen molar-refractivity contribution >= 4 is 29.9 Å². The van der Waals surface area contributed by atoms with Gasteiger partial charge < -0.3 is 15.7 Å². The van der Waals surface area contributed by atoms with Crippen molar-refractivity contribution in [3.63, 3.8) is 0 Å². The SMILES string of the molecule is CN=C(NCC1(O)CCc2ccccc21)NC1CN(C(C)C)CC1C.I. The number of nitrogens with one attached hydrogen (secondary N) is 2. The molecule has 146 valence electrons. The summed E-state index contributed by atoms with van der Waals surface area (Å²) in [5.41, 5.74) is 1.50. The summed E-state index contributed by atoms with van der Waals surface area (Å²) in [6, 6.07) is 9.16. The molecule has 1 aliphatic heterocycles. The summed E-state index contributed by atoms with van der Waals surface area (Å²) in [6.45, 7) is 9.41. The van der Waals surface area contributed by atoms with E-state index in [1.807, 2.05) is 18.2 Å². The van der Waals surface area contributed by atoms with E-state index in [9.17, 15) is 5.11 Å². The van der Waals surface area contributed by atoms with Gasteiger partial charge in [-0.15, -0.1) is 24.0 Å². The number of rotatable bonds is 4. The standard InChI is InChI=1S/C20H32N4O.HI/c1-14(2)24-11-15(3)18(12-24)23-19(21-4)22-13-20(25)10-9-16-7-5-6-8-17(16)20;/h5-8,14-15,18,25H,9-13H2,1-4H3,(H2,21,22,23);1H. The molecule has 0 bridgehead atoms. The zero-order valence-corrected chi connectivity index (χ0v) is 18.7. The molecule has 1 fully saturated rings. The van der Waals surface area contributed by atoms with Gasteiger partial charge in [0.05, 0.1) is 6.54 Å². The minimum Gasteiger partial charge on any atom is -0.383 e. The van der Waals surface area contributed by atoms with Crippen LogP contribution in [0.3, 0.4) is 0 Å². The molecule has 0 amide bonds. The Morgan fingerprint density at radius 2 is 2.08 bits per heavy atom. The first-order valence-corrected chi connectivity index (χ1v) is 9.45. The summed E-state index contributed by atoms with van der Waals surface area (Å²) in [5, 5.41) is 18.0. The lowest BCUT2D eigenvalue weighted by Crippen LogP contribution is -2.50. The highest BCUT2D eigenvalue weighted by atomic mass is 127. The number of halogens is 1. The van der Waals surface area contributed by atoms with Gasteiger partial charge in [0.1, 0.15) is 5.60 Å². The normalized spacial score (nSPS) is 28.8. The molecular weight excluding hydrogens is 439 g/mol. The van der Waals surface area contributed by atoms with E-state index in [2.05, 4.69) is 47.4 Å². The minimum absolute atomic E-state index is 0. The van der Waals surface area contributed by atoms with Crippen molar-refractivity contribution in [2.24, 2.45) is 10.9 Å². The molecule has 2 aliphatic rings. The molecule has 3 unspecified atom stereocenters. The molecule has 0 saturated carbocycles. The Balaban J connectivity index is 0.00000243. The zero-order valence-electron chi connectivity index (χ0n) is 16.3. The van der Waals surface area contributed by atoms with Gasteiger partial charge in [-0.05, 0) is 43.7 Å². The second-order valence-electron chi connectivity index (χ2n) is 7.89. The number of hydrogen-bond acceptors (Lipinski definition) is 3. The molecule has 6 heteroatoms. The summed E-state index contributed by atoms with van der Waals surface area (Å²) in [4.78, 5) is 6.87. The van der Waals surface area contributed by atoms with Gasteiger partial charge in [0.2, 0.25) is 0 Å². The number of aliphatic imine (C=N–C) groups is 1. The highest BCUT2D eigenvalue weighted by Gasteiger charge is 2.37. The molecule has 1 heterocycles. The van der Waals surface area contributed by atoms with Crippen LogP contribution < -0.4 is 10.6 Å². The van der Waals surface area contributed by atoms with Gasteiger partial charge in [-0.25, -0.2) is 0 Å². The molecule has 1 saturated heterocycles. The third-order valence-electron chi connectivity index (χ3n) is 5.79. The third-order valence-corrected chi connectivity index (χ3v) is 5.79. The van der Waals surface area contributed by atoms with Crippen molar-refractivity contribution in [3.05, 3.63) is 35.4 Å². The summed E-state index contributed by atoms with van der Waals surface area (Å²) in [6.07, 6.45) is 1.70. The zero-order chi connectivity index (χ0) is 18.0. The van der Waals surface area contributed by atoms with E-state index in [0.29, 0.717) is 24.5 Å². The van der Waals surface area contributed by atoms with Crippen molar-refractivity contribution in [1.29, 1.82) is 0 Å². The van der Waals surface area contributed by atoms with Gasteiger partial charge in [0, 0.05) is 32.2 Å². The van der Waals surface area contributed by atoms with Gasteiger partial charge in [-0.3, -0.25) is 9.89 Å². The van der Waals surface area contributed by atoms with Crippen LogP contribution in [0.4, 0.5) is 0 Å². The van der Waals surface area contributed by atoms with Crippen molar-refractivity contribution in [2.75, 3.05) is 26.7 Å². The van der Waals surface area contributed by atoms with Gasteiger partial charge in [-0.1, -0.05) is 31.2 Å². The Bertz CT molecular complexity index is 636. The van der Waals surface area contributed by atoms with E-state index >= 15 is 0 Å². The Kier molecular flexibility index (Phi) is 7.33. The largest absolute Gasteiger partial charge is 0.383 e. The van der Waals surface area contributed by atoms with Gasteiger partial charge in [-0.2, -0.15) is 0 Å². The number of hydrogen-bond donors (Lipinski definition) is 3. The van der Waals surface area contributed by atoms with Crippen LogP contribution in [0.25, 0.3) is 0 Å². The minimum atomic E-state index is -0.806. The molecular formula is C20H33IN4O. The number of aryl methyl sites for hydroxylation is 1. The Morgan fingerprint density at radius 3 is 2.73 bits per heavy atom. The number of nitrogens with zero attached hydrogens (tertiary/aromatic N) is 2. The van der Waals surface area contributed by atoms with Gasteiger partial charge in [0.15, 0.2) is 5.96 Å². The van der Waals surface area contributed by atoms with Gasteiger partial charge in [0.25, 0.3) is 0 Å². The highest BCUT2D eigenvalue weighted by molar-refractivity contribution is 14.0. The second-order valence-corrected chi connectivity index (χ2v) is 7.89. The molecule has 0 spiro atoms. The number of guanidine groups is 1. The third kappa shape index (κ3) is 4.51. The Morgan fingerprint density at radius 1 is 1.35 bits per heavy atom. The van der Waals surface area contributed by atoms with Crippen molar-refractivity contribution in [2.45, 2.75) is 51.3 Å². The van der Waals surface area contributed by atoms with Crippen LogP contribution in [0, 0.1) is 5.92 Å².